The molecule has 3 N–H and O–H groups in total. The minimum Gasteiger partial charge on any atom is -0.460 e. The maximum atomic E-state index is 13.0. The van der Waals surface area contributed by atoms with Crippen molar-refractivity contribution in [3.05, 3.63) is 52.6 Å². The van der Waals surface area contributed by atoms with Gasteiger partial charge in [0.15, 0.2) is 5.41 Å². The van der Waals surface area contributed by atoms with E-state index >= 15 is 0 Å². The molecule has 1 amide bonds. The zero-order valence-corrected chi connectivity index (χ0v) is 14.0. The van der Waals surface area contributed by atoms with Gasteiger partial charge in [0.2, 0.25) is 11.8 Å². The van der Waals surface area contributed by atoms with Crippen LogP contribution in [0.4, 0.5) is 0 Å². The first-order chi connectivity index (χ1) is 11.8. The molecule has 128 valence electrons. The maximum absolute atomic E-state index is 13.0. The molecule has 1 atom stereocenters. The highest BCUT2D eigenvalue weighted by Gasteiger charge is 2.59. The maximum Gasteiger partial charge on any atom is 0.337 e. The minimum atomic E-state index is -1.68. The highest BCUT2D eigenvalue weighted by Crippen LogP contribution is 2.51. The van der Waals surface area contributed by atoms with Gasteiger partial charge in [-0.25, -0.2) is 4.79 Å². The summed E-state index contributed by atoms with van der Waals surface area (Å²) in [6.45, 7) is 5.00. The van der Waals surface area contributed by atoms with E-state index in [2.05, 4.69) is 5.32 Å². The molecule has 7 nitrogen and oxygen atoms in total. The third kappa shape index (κ3) is 2.18. The predicted molar refractivity (Wildman–Crippen MR) is 87.6 cm³/mol. The van der Waals surface area contributed by atoms with E-state index in [1.807, 2.05) is 6.07 Å². The van der Waals surface area contributed by atoms with Gasteiger partial charge in [-0.1, -0.05) is 18.2 Å². The van der Waals surface area contributed by atoms with Crippen LogP contribution >= 0.6 is 0 Å². The number of nitrogens with two attached hydrogens (primary N) is 1. The van der Waals surface area contributed by atoms with Crippen LogP contribution in [0.5, 0.6) is 5.75 Å². The molecule has 1 aromatic carbocycles. The van der Waals surface area contributed by atoms with Crippen LogP contribution in [-0.2, 0) is 19.7 Å². The zero-order chi connectivity index (χ0) is 18.4. The van der Waals surface area contributed by atoms with Crippen LogP contribution in [-0.4, -0.2) is 18.0 Å². The molecule has 0 saturated heterocycles. The van der Waals surface area contributed by atoms with E-state index in [4.69, 9.17) is 15.2 Å². The molecule has 0 radical (unpaired) electrons. The predicted octanol–water partition coefficient (Wildman–Crippen LogP) is 1.37. The largest absolute Gasteiger partial charge is 0.460 e. The number of nitriles is 1. The Kier molecular flexibility index (Phi) is 3.76. The number of carbonyl (C=O) groups is 2. The average Bonchev–Trinajstić information content (AvgIpc) is 2.78. The normalized spacial score (nSPS) is 21.8. The first-order valence-electron chi connectivity index (χ1n) is 7.75. The van der Waals surface area contributed by atoms with Gasteiger partial charge >= 0.3 is 5.97 Å². The molecular formula is C18H17N3O4. The summed E-state index contributed by atoms with van der Waals surface area (Å²) in [5.41, 5.74) is 4.87. The molecule has 2 heterocycles. The Morgan fingerprint density at radius 1 is 1.40 bits per heavy atom. The fourth-order valence-corrected chi connectivity index (χ4v) is 3.29. The van der Waals surface area contributed by atoms with E-state index in [1.165, 1.54) is 0 Å². The number of fused-ring (bicyclic) bond motifs is 2. The van der Waals surface area contributed by atoms with E-state index in [9.17, 15) is 14.9 Å². The van der Waals surface area contributed by atoms with Gasteiger partial charge in [-0.15, -0.1) is 0 Å². The molecule has 0 unspecified atom stereocenters. The van der Waals surface area contributed by atoms with Gasteiger partial charge in [0.1, 0.15) is 17.4 Å². The number of rotatable bonds is 2. The Labute approximate surface area is 144 Å². The topological polar surface area (TPSA) is 114 Å². The lowest BCUT2D eigenvalue weighted by molar-refractivity contribution is -0.144. The van der Waals surface area contributed by atoms with E-state index in [0.29, 0.717) is 17.0 Å². The molecule has 0 bridgehead atoms. The number of hydrogen-bond donors (Lipinski definition) is 2. The lowest BCUT2D eigenvalue weighted by Gasteiger charge is -2.34. The van der Waals surface area contributed by atoms with Gasteiger partial charge in [-0.05, 0) is 26.8 Å². The first kappa shape index (κ1) is 16.6. The highest BCUT2D eigenvalue weighted by atomic mass is 16.5. The van der Waals surface area contributed by atoms with Crippen molar-refractivity contribution in [2.45, 2.75) is 32.3 Å². The summed E-state index contributed by atoms with van der Waals surface area (Å²) >= 11 is 0. The third-order valence-electron chi connectivity index (χ3n) is 4.18. The molecule has 0 saturated carbocycles. The van der Waals surface area contributed by atoms with Crippen molar-refractivity contribution in [3.8, 4) is 11.8 Å². The van der Waals surface area contributed by atoms with Crippen molar-refractivity contribution in [2.24, 2.45) is 5.73 Å². The number of nitrogens with one attached hydrogen (secondary N) is 1. The van der Waals surface area contributed by atoms with Crippen molar-refractivity contribution in [3.63, 3.8) is 0 Å². The Morgan fingerprint density at radius 2 is 2.08 bits per heavy atom. The summed E-state index contributed by atoms with van der Waals surface area (Å²) in [6.07, 6.45) is -0.387. The van der Waals surface area contributed by atoms with Crippen LogP contribution in [0.15, 0.2) is 47.0 Å². The first-order valence-corrected chi connectivity index (χ1v) is 7.75. The summed E-state index contributed by atoms with van der Waals surface area (Å²) < 4.78 is 10.8. The van der Waals surface area contributed by atoms with Crippen LogP contribution in [0.3, 0.4) is 0 Å². The fourth-order valence-electron chi connectivity index (χ4n) is 3.29. The SMILES string of the molecule is CC1=C(C(=O)OC(C)C)[C@@]2(C(=O)N1)C(C#N)=C(N)Oc1ccccc12. The Hall–Kier alpha value is -3.27. The third-order valence-corrected chi connectivity index (χ3v) is 4.18. The monoisotopic (exact) mass is 339 g/mol. The standard InChI is InChI=1S/C18H17N3O4/c1-9(2)24-16(22)14-10(3)21-17(23)18(14)11-6-4-5-7-13(11)25-15(20)12(18)8-19/h4-7,9H,20H2,1-3H3,(H,21,23)/t18-/m0/s1. The molecule has 0 aliphatic carbocycles. The molecule has 0 aromatic heterocycles. The van der Waals surface area contributed by atoms with Crippen molar-refractivity contribution in [1.82, 2.24) is 5.32 Å². The van der Waals surface area contributed by atoms with Crippen LogP contribution in [0, 0.1) is 11.3 Å². The summed E-state index contributed by atoms with van der Waals surface area (Å²) in [7, 11) is 0. The number of carbonyl (C=O) groups excluding carboxylic acids is 2. The quantitative estimate of drug-likeness (QED) is 0.787. The molecular weight excluding hydrogens is 322 g/mol. The van der Waals surface area contributed by atoms with Crippen LogP contribution in [0.1, 0.15) is 26.3 Å². The van der Waals surface area contributed by atoms with Gasteiger partial charge in [0, 0.05) is 11.3 Å². The van der Waals surface area contributed by atoms with E-state index in [-0.39, 0.29) is 23.1 Å². The van der Waals surface area contributed by atoms with Gasteiger partial charge in [0.25, 0.3) is 0 Å². The van der Waals surface area contributed by atoms with Crippen molar-refractivity contribution in [1.29, 1.82) is 5.26 Å². The smallest absolute Gasteiger partial charge is 0.337 e. The summed E-state index contributed by atoms with van der Waals surface area (Å²) in [4.78, 5) is 25.8. The van der Waals surface area contributed by atoms with E-state index in [0.717, 1.165) is 0 Å². The van der Waals surface area contributed by atoms with Crippen molar-refractivity contribution >= 4 is 11.9 Å². The molecule has 2 aliphatic rings. The summed E-state index contributed by atoms with van der Waals surface area (Å²) in [5.74, 6) is -1.10. The van der Waals surface area contributed by atoms with Gasteiger partial charge < -0.3 is 20.5 Å². The molecule has 25 heavy (non-hydrogen) atoms. The number of ether oxygens (including phenoxy) is 2. The molecule has 1 spiro atoms. The Balaban J connectivity index is 2.35. The molecule has 1 aromatic rings. The van der Waals surface area contributed by atoms with Crippen LogP contribution in [0.25, 0.3) is 0 Å². The second kappa shape index (κ2) is 5.67. The molecule has 2 aliphatic heterocycles. The number of amides is 1. The molecule has 3 rings (SSSR count). The minimum absolute atomic E-state index is 0.0569. The number of para-hydroxylation sites is 1. The fraction of sp³-hybridized carbons (Fsp3) is 0.278. The Bertz CT molecular complexity index is 892. The van der Waals surface area contributed by atoms with Crippen molar-refractivity contribution in [2.75, 3.05) is 0 Å². The Morgan fingerprint density at radius 3 is 2.72 bits per heavy atom. The lowest BCUT2D eigenvalue weighted by Crippen LogP contribution is -2.46. The average molecular weight is 339 g/mol. The van der Waals surface area contributed by atoms with Gasteiger partial charge in [0.05, 0.1) is 11.7 Å². The lowest BCUT2D eigenvalue weighted by atomic mass is 9.68. The van der Waals surface area contributed by atoms with Crippen LogP contribution in [0.2, 0.25) is 0 Å². The van der Waals surface area contributed by atoms with E-state index in [1.54, 1.807) is 45.0 Å². The number of hydrogen-bond acceptors (Lipinski definition) is 6. The number of esters is 1. The van der Waals surface area contributed by atoms with Crippen LogP contribution < -0.4 is 15.8 Å². The van der Waals surface area contributed by atoms with Gasteiger partial charge in [-0.2, -0.15) is 5.26 Å². The summed E-state index contributed by atoms with van der Waals surface area (Å²) in [5, 5.41) is 12.3. The number of nitrogens with zero attached hydrogens (tertiary/aromatic N) is 1. The second-order valence-corrected chi connectivity index (χ2v) is 6.11. The van der Waals surface area contributed by atoms with Crippen molar-refractivity contribution < 1.29 is 19.1 Å². The number of allylic oxidation sites excluding steroid dienone is 1. The number of benzene rings is 1. The summed E-state index contributed by atoms with van der Waals surface area (Å²) in [6, 6.07) is 8.63. The highest BCUT2D eigenvalue weighted by molar-refractivity contribution is 6.12. The molecule has 0 fully saturated rings. The van der Waals surface area contributed by atoms with E-state index < -0.39 is 17.3 Å². The zero-order valence-electron chi connectivity index (χ0n) is 14.0. The van der Waals surface area contributed by atoms with Gasteiger partial charge in [-0.3, -0.25) is 4.79 Å². The second-order valence-electron chi connectivity index (χ2n) is 6.11. The molecule has 7 heteroatoms.